The fourth-order valence-corrected chi connectivity index (χ4v) is 3.28. The van der Waals surface area contributed by atoms with Crippen molar-refractivity contribution in [3.63, 3.8) is 0 Å². The molecule has 3 rings (SSSR count). The van der Waals surface area contributed by atoms with E-state index in [0.717, 1.165) is 30.9 Å². The van der Waals surface area contributed by atoms with Gasteiger partial charge in [0.05, 0.1) is 3.57 Å². The van der Waals surface area contributed by atoms with Gasteiger partial charge in [-0.05, 0) is 67.3 Å². The number of nitrogens with zero attached hydrogens (tertiary/aromatic N) is 3. The zero-order chi connectivity index (χ0) is 12.4. The van der Waals surface area contributed by atoms with Crippen molar-refractivity contribution in [2.24, 2.45) is 5.92 Å². The molecule has 2 heterocycles. The first kappa shape index (κ1) is 12.6. The number of piperidine rings is 1. The first-order valence-electron chi connectivity index (χ1n) is 6.77. The predicted octanol–water partition coefficient (Wildman–Crippen LogP) is 2.05. The maximum atomic E-state index is 4.49. The van der Waals surface area contributed by atoms with Crippen molar-refractivity contribution in [3.05, 3.63) is 16.1 Å². The summed E-state index contributed by atoms with van der Waals surface area (Å²) in [7, 11) is 0. The molecule has 1 unspecified atom stereocenters. The number of aromatic nitrogens is 2. The highest BCUT2D eigenvalue weighted by Gasteiger charge is 2.32. The standard InChI is InChI=1S/C13H19IN4/c14-12-7-16-9-17-13(12)18(11-3-4-11)8-10-2-1-5-15-6-10/h7,9-11,15H,1-6,8H2. The van der Waals surface area contributed by atoms with Crippen LogP contribution in [0.3, 0.4) is 0 Å². The molecule has 5 heteroatoms. The topological polar surface area (TPSA) is 41.1 Å². The highest BCUT2D eigenvalue weighted by Crippen LogP contribution is 2.33. The van der Waals surface area contributed by atoms with Gasteiger partial charge in [0.2, 0.25) is 0 Å². The summed E-state index contributed by atoms with van der Waals surface area (Å²) in [5.74, 6) is 1.91. The van der Waals surface area contributed by atoms with Crippen molar-refractivity contribution in [2.45, 2.75) is 31.7 Å². The fourth-order valence-electron chi connectivity index (χ4n) is 2.67. The number of hydrogen-bond donors (Lipinski definition) is 1. The molecule has 1 aromatic heterocycles. The summed E-state index contributed by atoms with van der Waals surface area (Å²) in [5, 5.41) is 3.50. The maximum absolute atomic E-state index is 4.49. The van der Waals surface area contributed by atoms with Crippen molar-refractivity contribution < 1.29 is 0 Å². The lowest BCUT2D eigenvalue weighted by molar-refractivity contribution is 0.375. The Morgan fingerprint density at radius 3 is 2.94 bits per heavy atom. The van der Waals surface area contributed by atoms with Gasteiger partial charge >= 0.3 is 0 Å². The van der Waals surface area contributed by atoms with Crippen molar-refractivity contribution in [1.29, 1.82) is 0 Å². The summed E-state index contributed by atoms with van der Waals surface area (Å²) in [4.78, 5) is 11.1. The molecule has 1 N–H and O–H groups in total. The number of rotatable bonds is 4. The summed E-state index contributed by atoms with van der Waals surface area (Å²) < 4.78 is 1.17. The van der Waals surface area contributed by atoms with Crippen LogP contribution in [-0.2, 0) is 0 Å². The molecule has 1 saturated carbocycles. The van der Waals surface area contributed by atoms with Crippen molar-refractivity contribution in [1.82, 2.24) is 15.3 Å². The Kier molecular flexibility index (Phi) is 3.98. The Labute approximate surface area is 122 Å². The van der Waals surface area contributed by atoms with Gasteiger partial charge in [-0.15, -0.1) is 0 Å². The highest BCUT2D eigenvalue weighted by atomic mass is 127. The Bertz CT molecular complexity index is 402. The second kappa shape index (κ2) is 5.69. The predicted molar refractivity (Wildman–Crippen MR) is 80.7 cm³/mol. The van der Waals surface area contributed by atoms with Crippen LogP contribution in [0.2, 0.25) is 0 Å². The number of halogens is 1. The Morgan fingerprint density at radius 1 is 1.39 bits per heavy atom. The van der Waals surface area contributed by atoms with Gasteiger partial charge in [-0.3, -0.25) is 0 Å². The molecule has 1 aliphatic heterocycles. The molecule has 2 aliphatic rings. The summed E-state index contributed by atoms with van der Waals surface area (Å²) in [6.07, 6.45) is 8.88. The normalized spacial score (nSPS) is 23.9. The van der Waals surface area contributed by atoms with Crippen LogP contribution in [0.25, 0.3) is 0 Å². The SMILES string of the molecule is Ic1cncnc1N(CC1CCCNC1)C1CC1. The van der Waals surface area contributed by atoms with Gasteiger partial charge in [-0.2, -0.15) is 0 Å². The lowest BCUT2D eigenvalue weighted by Crippen LogP contribution is -2.40. The third-order valence-corrected chi connectivity index (χ3v) is 4.52. The van der Waals surface area contributed by atoms with Crippen LogP contribution in [-0.4, -0.2) is 35.6 Å². The van der Waals surface area contributed by atoms with Crippen LogP contribution in [0, 0.1) is 9.49 Å². The molecule has 0 radical (unpaired) electrons. The number of nitrogens with one attached hydrogen (secondary N) is 1. The molecule has 0 amide bonds. The lowest BCUT2D eigenvalue weighted by atomic mass is 9.99. The molecule has 2 fully saturated rings. The minimum absolute atomic E-state index is 0.718. The average molecular weight is 358 g/mol. The number of hydrogen-bond acceptors (Lipinski definition) is 4. The van der Waals surface area contributed by atoms with E-state index in [1.54, 1.807) is 6.33 Å². The van der Waals surface area contributed by atoms with E-state index in [-0.39, 0.29) is 0 Å². The van der Waals surface area contributed by atoms with Crippen LogP contribution in [0.4, 0.5) is 5.82 Å². The third-order valence-electron chi connectivity index (χ3n) is 3.76. The maximum Gasteiger partial charge on any atom is 0.145 e. The van der Waals surface area contributed by atoms with Crippen LogP contribution in [0.15, 0.2) is 12.5 Å². The Hall–Kier alpha value is -0.430. The van der Waals surface area contributed by atoms with E-state index in [9.17, 15) is 0 Å². The van der Waals surface area contributed by atoms with Crippen LogP contribution in [0.5, 0.6) is 0 Å². The second-order valence-corrected chi connectivity index (χ2v) is 6.45. The van der Waals surface area contributed by atoms with Gasteiger partial charge in [0.1, 0.15) is 12.1 Å². The van der Waals surface area contributed by atoms with E-state index in [1.807, 2.05) is 6.20 Å². The van der Waals surface area contributed by atoms with E-state index in [2.05, 4.69) is 42.8 Å². The van der Waals surface area contributed by atoms with Gasteiger partial charge in [0, 0.05) is 18.8 Å². The van der Waals surface area contributed by atoms with Gasteiger partial charge < -0.3 is 10.2 Å². The first-order chi connectivity index (χ1) is 8.84. The summed E-state index contributed by atoms with van der Waals surface area (Å²) >= 11 is 2.35. The molecule has 4 nitrogen and oxygen atoms in total. The molecule has 0 aromatic carbocycles. The molecule has 0 spiro atoms. The molecule has 1 saturated heterocycles. The summed E-state index contributed by atoms with van der Waals surface area (Å²) in [5.41, 5.74) is 0. The van der Waals surface area contributed by atoms with Crippen LogP contribution < -0.4 is 10.2 Å². The molecular weight excluding hydrogens is 339 g/mol. The molecule has 1 aromatic rings. The largest absolute Gasteiger partial charge is 0.352 e. The minimum Gasteiger partial charge on any atom is -0.352 e. The Balaban J connectivity index is 1.73. The average Bonchev–Trinajstić information content (AvgIpc) is 3.23. The lowest BCUT2D eigenvalue weighted by Gasteiger charge is -2.31. The molecular formula is C13H19IN4. The second-order valence-electron chi connectivity index (χ2n) is 5.29. The first-order valence-corrected chi connectivity index (χ1v) is 7.85. The third kappa shape index (κ3) is 2.93. The van der Waals surface area contributed by atoms with Gasteiger partial charge in [-0.1, -0.05) is 0 Å². The quantitative estimate of drug-likeness (QED) is 0.837. The van der Waals surface area contributed by atoms with Crippen LogP contribution >= 0.6 is 22.6 Å². The monoisotopic (exact) mass is 358 g/mol. The molecule has 0 bridgehead atoms. The van der Waals surface area contributed by atoms with Gasteiger partial charge in [0.25, 0.3) is 0 Å². The Morgan fingerprint density at radius 2 is 2.28 bits per heavy atom. The summed E-state index contributed by atoms with van der Waals surface area (Å²) in [6, 6.07) is 0.718. The van der Waals surface area contributed by atoms with E-state index < -0.39 is 0 Å². The molecule has 1 aliphatic carbocycles. The van der Waals surface area contributed by atoms with Gasteiger partial charge in [-0.25, -0.2) is 9.97 Å². The zero-order valence-corrected chi connectivity index (χ0v) is 12.6. The molecule has 1 atom stereocenters. The smallest absolute Gasteiger partial charge is 0.145 e. The molecule has 98 valence electrons. The molecule has 18 heavy (non-hydrogen) atoms. The minimum atomic E-state index is 0.718. The zero-order valence-electron chi connectivity index (χ0n) is 10.5. The summed E-state index contributed by atoms with van der Waals surface area (Å²) in [6.45, 7) is 3.49. The van der Waals surface area contributed by atoms with Crippen molar-refractivity contribution >= 4 is 28.4 Å². The van der Waals surface area contributed by atoms with Gasteiger partial charge in [0.15, 0.2) is 0 Å². The van der Waals surface area contributed by atoms with E-state index in [0.29, 0.717) is 0 Å². The van der Waals surface area contributed by atoms with Crippen molar-refractivity contribution in [3.8, 4) is 0 Å². The van der Waals surface area contributed by atoms with Crippen LogP contribution in [0.1, 0.15) is 25.7 Å². The van der Waals surface area contributed by atoms with E-state index in [4.69, 9.17) is 0 Å². The van der Waals surface area contributed by atoms with E-state index in [1.165, 1.54) is 35.8 Å². The van der Waals surface area contributed by atoms with Crippen molar-refractivity contribution in [2.75, 3.05) is 24.5 Å². The fraction of sp³-hybridized carbons (Fsp3) is 0.692. The highest BCUT2D eigenvalue weighted by molar-refractivity contribution is 14.1. The number of anilines is 1. The van der Waals surface area contributed by atoms with E-state index >= 15 is 0 Å².